The summed E-state index contributed by atoms with van der Waals surface area (Å²) in [7, 11) is 5.43. The highest BCUT2D eigenvalue weighted by Gasteiger charge is 2.18. The summed E-state index contributed by atoms with van der Waals surface area (Å²) in [5.74, 6) is -0.267. The Hall–Kier alpha value is -1.73. The van der Waals surface area contributed by atoms with Gasteiger partial charge < -0.3 is 15.0 Å². The minimum absolute atomic E-state index is 0.0544. The molecule has 2 rings (SSSR count). The van der Waals surface area contributed by atoms with E-state index in [9.17, 15) is 4.39 Å². The molecule has 114 valence electrons. The van der Waals surface area contributed by atoms with Gasteiger partial charge in [0.2, 0.25) is 11.8 Å². The van der Waals surface area contributed by atoms with E-state index in [1.165, 1.54) is 17.6 Å². The van der Waals surface area contributed by atoms with Crippen LogP contribution >= 0.6 is 11.3 Å². The number of ether oxygens (including phenoxy) is 1. The quantitative estimate of drug-likeness (QED) is 0.889. The van der Waals surface area contributed by atoms with Gasteiger partial charge in [0.25, 0.3) is 5.88 Å². The molecule has 0 aliphatic rings. The standard InChI is InChI=1S/C14H19FN4OS/c1-9-5-6-21-12(9)11(19(2)3)8-17-14-16-7-10(15)13(18-14)20-4/h5-7,11H,8H2,1-4H3,(H,16,17,18). The predicted octanol–water partition coefficient (Wildman–Crippen LogP) is 2.71. The van der Waals surface area contributed by atoms with Crippen molar-refractivity contribution in [3.63, 3.8) is 0 Å². The van der Waals surface area contributed by atoms with Gasteiger partial charge in [-0.15, -0.1) is 11.3 Å². The van der Waals surface area contributed by atoms with Crippen molar-refractivity contribution in [1.29, 1.82) is 0 Å². The second kappa shape index (κ2) is 6.82. The SMILES string of the molecule is COc1nc(NCC(c2sccc2C)N(C)C)ncc1F. The molecule has 1 atom stereocenters. The Morgan fingerprint density at radius 3 is 2.81 bits per heavy atom. The molecule has 0 aromatic carbocycles. The number of aryl methyl sites for hydroxylation is 1. The van der Waals surface area contributed by atoms with E-state index < -0.39 is 5.82 Å². The van der Waals surface area contributed by atoms with Crippen molar-refractivity contribution >= 4 is 17.3 Å². The maximum atomic E-state index is 13.3. The Morgan fingerprint density at radius 1 is 1.48 bits per heavy atom. The van der Waals surface area contributed by atoms with Crippen LogP contribution in [0.5, 0.6) is 5.88 Å². The average Bonchev–Trinajstić information content (AvgIpc) is 2.86. The van der Waals surface area contributed by atoms with Crippen molar-refractivity contribution in [3.05, 3.63) is 33.9 Å². The second-order valence-corrected chi connectivity index (χ2v) is 5.83. The number of thiophene rings is 1. The third-order valence-corrected chi connectivity index (χ3v) is 4.31. The Labute approximate surface area is 127 Å². The molecule has 0 amide bonds. The molecule has 0 bridgehead atoms. The number of likely N-dealkylation sites (N-methyl/N-ethyl adjacent to an activating group) is 1. The van der Waals surface area contributed by atoms with E-state index in [4.69, 9.17) is 4.74 Å². The van der Waals surface area contributed by atoms with Crippen LogP contribution in [0.25, 0.3) is 0 Å². The zero-order valence-corrected chi connectivity index (χ0v) is 13.4. The third-order valence-electron chi connectivity index (χ3n) is 3.19. The van der Waals surface area contributed by atoms with E-state index in [-0.39, 0.29) is 11.9 Å². The van der Waals surface area contributed by atoms with Gasteiger partial charge >= 0.3 is 0 Å². The van der Waals surface area contributed by atoms with Gasteiger partial charge in [-0.25, -0.2) is 4.98 Å². The smallest absolute Gasteiger partial charge is 0.255 e. The van der Waals surface area contributed by atoms with E-state index >= 15 is 0 Å². The molecule has 7 heteroatoms. The molecule has 5 nitrogen and oxygen atoms in total. The van der Waals surface area contributed by atoms with Crippen molar-refractivity contribution < 1.29 is 9.13 Å². The Balaban J connectivity index is 2.11. The van der Waals surface area contributed by atoms with Crippen LogP contribution in [0.2, 0.25) is 0 Å². The number of rotatable bonds is 6. The maximum absolute atomic E-state index is 13.3. The zero-order chi connectivity index (χ0) is 15.4. The van der Waals surface area contributed by atoms with E-state index in [1.807, 2.05) is 14.1 Å². The first-order chi connectivity index (χ1) is 10.0. The Kier molecular flexibility index (Phi) is 5.08. The molecule has 2 aromatic rings. The summed E-state index contributed by atoms with van der Waals surface area (Å²) < 4.78 is 18.1. The fourth-order valence-electron chi connectivity index (χ4n) is 2.00. The van der Waals surface area contributed by atoms with Crippen LogP contribution in [0.4, 0.5) is 10.3 Å². The van der Waals surface area contributed by atoms with Crippen LogP contribution in [0.3, 0.4) is 0 Å². The topological polar surface area (TPSA) is 50.3 Å². The van der Waals surface area contributed by atoms with Crippen LogP contribution in [0.1, 0.15) is 16.5 Å². The summed E-state index contributed by atoms with van der Waals surface area (Å²) in [5.41, 5.74) is 1.26. The molecular formula is C14H19FN4OS. The van der Waals surface area contributed by atoms with E-state index in [1.54, 1.807) is 11.3 Å². The summed E-state index contributed by atoms with van der Waals surface area (Å²) in [5, 5.41) is 5.22. The third kappa shape index (κ3) is 3.68. The highest BCUT2D eigenvalue weighted by molar-refractivity contribution is 7.10. The fourth-order valence-corrected chi connectivity index (χ4v) is 3.13. The number of halogens is 1. The highest BCUT2D eigenvalue weighted by atomic mass is 32.1. The predicted molar refractivity (Wildman–Crippen MR) is 82.5 cm³/mol. The Morgan fingerprint density at radius 2 is 2.24 bits per heavy atom. The summed E-state index contributed by atoms with van der Waals surface area (Å²) in [4.78, 5) is 11.3. The lowest BCUT2D eigenvalue weighted by Crippen LogP contribution is -2.27. The van der Waals surface area contributed by atoms with Gasteiger partial charge in [-0.3, -0.25) is 0 Å². The lowest BCUT2D eigenvalue weighted by Gasteiger charge is -2.24. The number of nitrogens with zero attached hydrogens (tertiary/aromatic N) is 3. The summed E-state index contributed by atoms with van der Waals surface area (Å²) in [6, 6.07) is 2.30. The summed E-state index contributed by atoms with van der Waals surface area (Å²) >= 11 is 1.72. The number of methoxy groups -OCH3 is 1. The first kappa shape index (κ1) is 15.7. The molecule has 1 N–H and O–H groups in total. The minimum atomic E-state index is -0.568. The molecule has 2 heterocycles. The van der Waals surface area contributed by atoms with Gasteiger partial charge in [-0.2, -0.15) is 9.37 Å². The molecule has 0 saturated heterocycles. The van der Waals surface area contributed by atoms with Crippen molar-refractivity contribution in [2.75, 3.05) is 33.1 Å². The number of aromatic nitrogens is 2. The largest absolute Gasteiger partial charge is 0.479 e. The van der Waals surface area contributed by atoms with E-state index in [0.29, 0.717) is 12.5 Å². The Bertz CT molecular complexity index is 602. The maximum Gasteiger partial charge on any atom is 0.255 e. The van der Waals surface area contributed by atoms with Gasteiger partial charge in [-0.1, -0.05) is 0 Å². The minimum Gasteiger partial charge on any atom is -0.479 e. The molecule has 1 unspecified atom stereocenters. The van der Waals surface area contributed by atoms with Crippen molar-refractivity contribution in [2.24, 2.45) is 0 Å². The van der Waals surface area contributed by atoms with Crippen LogP contribution in [0, 0.1) is 12.7 Å². The first-order valence-corrected chi connectivity index (χ1v) is 7.41. The lowest BCUT2D eigenvalue weighted by atomic mass is 10.1. The van der Waals surface area contributed by atoms with Gasteiger partial charge in [-0.05, 0) is 38.0 Å². The lowest BCUT2D eigenvalue weighted by molar-refractivity contribution is 0.314. The van der Waals surface area contributed by atoms with Crippen molar-refractivity contribution in [1.82, 2.24) is 14.9 Å². The fraction of sp³-hybridized carbons (Fsp3) is 0.429. The van der Waals surface area contributed by atoms with Crippen LogP contribution < -0.4 is 10.1 Å². The molecular weight excluding hydrogens is 291 g/mol. The average molecular weight is 310 g/mol. The van der Waals surface area contributed by atoms with Crippen LogP contribution in [0.15, 0.2) is 17.6 Å². The molecule has 0 radical (unpaired) electrons. The van der Waals surface area contributed by atoms with Gasteiger partial charge in [0.1, 0.15) is 0 Å². The molecule has 0 fully saturated rings. The highest BCUT2D eigenvalue weighted by Crippen LogP contribution is 2.27. The second-order valence-electron chi connectivity index (χ2n) is 4.88. The monoisotopic (exact) mass is 310 g/mol. The number of hydrogen-bond donors (Lipinski definition) is 1. The molecule has 0 spiro atoms. The number of nitrogens with one attached hydrogen (secondary N) is 1. The van der Waals surface area contributed by atoms with E-state index in [2.05, 4.69) is 38.6 Å². The zero-order valence-electron chi connectivity index (χ0n) is 12.6. The summed E-state index contributed by atoms with van der Waals surface area (Å²) in [6.07, 6.45) is 1.11. The molecule has 21 heavy (non-hydrogen) atoms. The van der Waals surface area contributed by atoms with Crippen LogP contribution in [-0.2, 0) is 0 Å². The molecule has 0 saturated carbocycles. The van der Waals surface area contributed by atoms with Gasteiger partial charge in [0, 0.05) is 11.4 Å². The number of hydrogen-bond acceptors (Lipinski definition) is 6. The van der Waals surface area contributed by atoms with Crippen molar-refractivity contribution in [3.8, 4) is 5.88 Å². The summed E-state index contributed by atoms with van der Waals surface area (Å²) in [6.45, 7) is 2.73. The van der Waals surface area contributed by atoms with Crippen molar-refractivity contribution in [2.45, 2.75) is 13.0 Å². The van der Waals surface area contributed by atoms with Crippen LogP contribution in [-0.4, -0.2) is 42.6 Å². The van der Waals surface area contributed by atoms with Gasteiger partial charge in [0.15, 0.2) is 0 Å². The number of anilines is 1. The van der Waals surface area contributed by atoms with E-state index in [0.717, 1.165) is 6.20 Å². The molecule has 0 aliphatic heterocycles. The molecule has 0 aliphatic carbocycles. The normalized spacial score (nSPS) is 12.5. The van der Waals surface area contributed by atoms with Gasteiger partial charge in [0.05, 0.1) is 19.3 Å². The first-order valence-electron chi connectivity index (χ1n) is 6.53. The molecule has 2 aromatic heterocycles.